The maximum atomic E-state index is 11.3. The number of nitrogens with two attached hydrogens (primary N) is 1. The largest absolute Gasteiger partial charge is 0.503 e. The number of rotatable bonds is 6. The van der Waals surface area contributed by atoms with Crippen LogP contribution in [0.2, 0.25) is 0 Å². The zero-order valence-electron chi connectivity index (χ0n) is 13.2. The van der Waals surface area contributed by atoms with Gasteiger partial charge in [-0.1, -0.05) is 0 Å². The molecule has 0 fully saturated rings. The number of nitro groups is 1. The molecule has 10 nitrogen and oxygen atoms in total. The molecule has 0 aliphatic carbocycles. The summed E-state index contributed by atoms with van der Waals surface area (Å²) in [5.74, 6) is 0.135. The Labute approximate surface area is 156 Å². The van der Waals surface area contributed by atoms with Gasteiger partial charge in [-0.25, -0.2) is 13.6 Å². The van der Waals surface area contributed by atoms with E-state index < -0.39 is 20.6 Å². The lowest BCUT2D eigenvalue weighted by Gasteiger charge is -2.07. The first-order valence-corrected chi connectivity index (χ1v) is 9.14. The molecule has 4 N–H and O–H groups in total. The van der Waals surface area contributed by atoms with Gasteiger partial charge >= 0.3 is 0 Å². The van der Waals surface area contributed by atoms with Gasteiger partial charge in [0.2, 0.25) is 10.0 Å². The number of benzene rings is 2. The molecular formula is C14H13BrN4O6S. The molecule has 2 rings (SSSR count). The number of hydrazone groups is 1. The number of nitrogens with zero attached hydrogens (tertiary/aromatic N) is 2. The molecule has 0 heterocycles. The van der Waals surface area contributed by atoms with Gasteiger partial charge in [-0.2, -0.15) is 5.10 Å². The molecule has 0 aromatic heterocycles. The third-order valence-corrected chi connectivity index (χ3v) is 4.68. The summed E-state index contributed by atoms with van der Waals surface area (Å²) in [6, 6.07) is 6.21. The van der Waals surface area contributed by atoms with Crippen LogP contribution in [0.25, 0.3) is 0 Å². The van der Waals surface area contributed by atoms with Crippen LogP contribution >= 0.6 is 15.9 Å². The quantitative estimate of drug-likeness (QED) is 0.349. The number of phenols is 1. The third-order valence-electron chi connectivity index (χ3n) is 3.16. The number of aromatic hydroxyl groups is 1. The molecule has 0 saturated carbocycles. The Morgan fingerprint density at radius 3 is 2.65 bits per heavy atom. The summed E-state index contributed by atoms with van der Waals surface area (Å²) in [7, 11) is -2.68. The maximum absolute atomic E-state index is 11.3. The van der Waals surface area contributed by atoms with Crippen molar-refractivity contribution in [2.45, 2.75) is 4.90 Å². The van der Waals surface area contributed by atoms with E-state index in [-0.39, 0.29) is 22.1 Å². The first-order chi connectivity index (χ1) is 12.1. The third kappa shape index (κ3) is 4.47. The standard InChI is InChI=1S/C14H13BrN4O6S/c1-25-13-5-8(4-10(15)14(13)20)7-17-18-11-3-2-9(26(16,23)24)6-12(11)19(21)22/h2-7,18,20H,1H3,(H2,16,23,24). The van der Waals surface area contributed by atoms with Crippen molar-refractivity contribution >= 4 is 43.5 Å². The Morgan fingerprint density at radius 2 is 2.08 bits per heavy atom. The molecule has 0 amide bonds. The van der Waals surface area contributed by atoms with Gasteiger partial charge in [0.15, 0.2) is 11.5 Å². The fourth-order valence-electron chi connectivity index (χ4n) is 1.93. The lowest BCUT2D eigenvalue weighted by Crippen LogP contribution is -2.12. The van der Waals surface area contributed by atoms with Crippen LogP contribution in [0.5, 0.6) is 11.5 Å². The molecule has 2 aromatic carbocycles. The topological polar surface area (TPSA) is 157 Å². The number of hydrogen-bond acceptors (Lipinski definition) is 8. The molecule has 2 aromatic rings. The van der Waals surface area contributed by atoms with Gasteiger partial charge in [-0.3, -0.25) is 15.5 Å². The van der Waals surface area contributed by atoms with Crippen LogP contribution in [0.15, 0.2) is 44.8 Å². The van der Waals surface area contributed by atoms with Crippen molar-refractivity contribution in [1.82, 2.24) is 0 Å². The lowest BCUT2D eigenvalue weighted by atomic mass is 10.2. The minimum Gasteiger partial charge on any atom is -0.503 e. The number of hydrogen-bond donors (Lipinski definition) is 3. The van der Waals surface area contributed by atoms with Crippen LogP contribution in [0.3, 0.4) is 0 Å². The molecule has 26 heavy (non-hydrogen) atoms. The van der Waals surface area contributed by atoms with Gasteiger partial charge in [0.05, 0.1) is 27.6 Å². The highest BCUT2D eigenvalue weighted by Gasteiger charge is 2.18. The van der Waals surface area contributed by atoms with Crippen molar-refractivity contribution < 1.29 is 23.2 Å². The summed E-state index contributed by atoms with van der Waals surface area (Å²) >= 11 is 3.16. The Morgan fingerprint density at radius 1 is 1.38 bits per heavy atom. The van der Waals surface area contributed by atoms with Crippen LogP contribution in [0.1, 0.15) is 5.56 Å². The summed E-state index contributed by atoms with van der Waals surface area (Å²) in [4.78, 5) is 9.99. The Bertz CT molecular complexity index is 993. The smallest absolute Gasteiger partial charge is 0.295 e. The van der Waals surface area contributed by atoms with E-state index in [9.17, 15) is 23.6 Å². The van der Waals surface area contributed by atoms with Crippen LogP contribution in [-0.4, -0.2) is 31.8 Å². The lowest BCUT2D eigenvalue weighted by molar-refractivity contribution is -0.384. The highest BCUT2D eigenvalue weighted by Crippen LogP contribution is 2.34. The second kappa shape index (κ2) is 7.68. The molecule has 0 atom stereocenters. The van der Waals surface area contributed by atoms with E-state index in [2.05, 4.69) is 26.5 Å². The van der Waals surface area contributed by atoms with Crippen LogP contribution < -0.4 is 15.3 Å². The second-order valence-corrected chi connectivity index (χ2v) is 7.32. The highest BCUT2D eigenvalue weighted by molar-refractivity contribution is 9.10. The molecule has 0 spiro atoms. The minimum atomic E-state index is -4.07. The second-order valence-electron chi connectivity index (χ2n) is 4.90. The number of primary sulfonamides is 1. The zero-order chi connectivity index (χ0) is 19.5. The Hall–Kier alpha value is -2.70. The first-order valence-electron chi connectivity index (χ1n) is 6.80. The number of halogens is 1. The van der Waals surface area contributed by atoms with Gasteiger partial charge in [0.1, 0.15) is 5.69 Å². The van der Waals surface area contributed by atoms with Gasteiger partial charge in [0.25, 0.3) is 5.69 Å². The predicted molar refractivity (Wildman–Crippen MR) is 98.0 cm³/mol. The van der Waals surface area contributed by atoms with Crippen molar-refractivity contribution in [2.75, 3.05) is 12.5 Å². The Kier molecular flexibility index (Phi) is 5.79. The van der Waals surface area contributed by atoms with Gasteiger partial charge < -0.3 is 9.84 Å². The molecule has 0 aliphatic heterocycles. The SMILES string of the molecule is COc1cc(C=NNc2ccc(S(N)(=O)=O)cc2[N+](=O)[O-])cc(Br)c1O. The number of anilines is 1. The van der Waals surface area contributed by atoms with E-state index in [4.69, 9.17) is 9.88 Å². The molecule has 0 radical (unpaired) electrons. The summed E-state index contributed by atoms with van der Waals surface area (Å²) in [5, 5.41) is 29.7. The van der Waals surface area contributed by atoms with Crippen molar-refractivity contribution in [3.63, 3.8) is 0 Å². The fourth-order valence-corrected chi connectivity index (χ4v) is 2.93. The van der Waals surface area contributed by atoms with Crippen molar-refractivity contribution in [3.8, 4) is 11.5 Å². The summed E-state index contributed by atoms with van der Waals surface area (Å²) in [6.07, 6.45) is 1.34. The monoisotopic (exact) mass is 444 g/mol. The van der Waals surface area contributed by atoms with E-state index in [0.29, 0.717) is 10.0 Å². The average molecular weight is 445 g/mol. The molecule has 12 heteroatoms. The molecule has 0 bridgehead atoms. The average Bonchev–Trinajstić information content (AvgIpc) is 2.56. The Balaban J connectivity index is 2.31. The van der Waals surface area contributed by atoms with Crippen LogP contribution in [-0.2, 0) is 10.0 Å². The first kappa shape index (κ1) is 19.6. The van der Waals surface area contributed by atoms with E-state index >= 15 is 0 Å². The summed E-state index contributed by atoms with van der Waals surface area (Å²) in [5.41, 5.74) is 2.47. The number of methoxy groups -OCH3 is 1. The van der Waals surface area contributed by atoms with E-state index in [1.807, 2.05) is 0 Å². The van der Waals surface area contributed by atoms with Gasteiger partial charge in [-0.15, -0.1) is 0 Å². The number of nitrogens with one attached hydrogen (secondary N) is 1. The van der Waals surface area contributed by atoms with E-state index in [1.165, 1.54) is 25.5 Å². The van der Waals surface area contributed by atoms with Crippen molar-refractivity contribution in [1.29, 1.82) is 0 Å². The highest BCUT2D eigenvalue weighted by atomic mass is 79.9. The number of ether oxygens (including phenoxy) is 1. The van der Waals surface area contributed by atoms with Gasteiger partial charge in [-0.05, 0) is 45.8 Å². The normalized spacial score (nSPS) is 11.5. The van der Waals surface area contributed by atoms with Crippen molar-refractivity contribution in [2.24, 2.45) is 10.2 Å². The fraction of sp³-hybridized carbons (Fsp3) is 0.0714. The zero-order valence-corrected chi connectivity index (χ0v) is 15.6. The molecule has 138 valence electrons. The van der Waals surface area contributed by atoms with Gasteiger partial charge in [0, 0.05) is 6.07 Å². The van der Waals surface area contributed by atoms with Crippen molar-refractivity contribution in [3.05, 3.63) is 50.5 Å². The minimum absolute atomic E-state index is 0.0246. The molecular weight excluding hydrogens is 432 g/mol. The maximum Gasteiger partial charge on any atom is 0.295 e. The number of nitro benzene ring substituents is 1. The summed E-state index contributed by atoms with van der Waals surface area (Å²) in [6.45, 7) is 0. The molecule has 0 aliphatic rings. The molecule has 0 unspecified atom stereocenters. The predicted octanol–water partition coefficient (Wildman–Crippen LogP) is 2.16. The van der Waals surface area contributed by atoms with Crippen LogP contribution in [0.4, 0.5) is 11.4 Å². The van der Waals surface area contributed by atoms with E-state index in [1.54, 1.807) is 6.07 Å². The molecule has 0 saturated heterocycles. The number of sulfonamides is 1. The van der Waals surface area contributed by atoms with E-state index in [0.717, 1.165) is 12.1 Å². The summed E-state index contributed by atoms with van der Waals surface area (Å²) < 4.78 is 28.0. The van der Waals surface area contributed by atoms with Crippen LogP contribution in [0, 0.1) is 10.1 Å². The number of phenolic OH excluding ortho intramolecular Hbond substituents is 1.